The highest BCUT2D eigenvalue weighted by atomic mass is 32.2. The van der Waals surface area contributed by atoms with Gasteiger partial charge < -0.3 is 4.90 Å². The molecule has 1 fully saturated rings. The second kappa shape index (κ2) is 7.97. The van der Waals surface area contributed by atoms with Crippen LogP contribution in [0.25, 0.3) is 0 Å². The monoisotopic (exact) mass is 458 g/mol. The van der Waals surface area contributed by atoms with E-state index in [9.17, 15) is 26.4 Å². The fourth-order valence-electron chi connectivity index (χ4n) is 3.95. The summed E-state index contributed by atoms with van der Waals surface area (Å²) in [5, 5.41) is 0. The molecule has 0 saturated carbocycles. The number of aryl methyl sites for hydroxylation is 1. The molecule has 4 rings (SSSR count). The average Bonchev–Trinajstić information content (AvgIpc) is 3.14. The number of hydrogen-bond donors (Lipinski definition) is 0. The van der Waals surface area contributed by atoms with Crippen LogP contribution in [0.3, 0.4) is 0 Å². The number of hydrogen-bond acceptors (Lipinski definition) is 4. The molecule has 2 aromatic rings. The number of rotatable bonds is 3. The fourth-order valence-corrected chi connectivity index (χ4v) is 6.60. The van der Waals surface area contributed by atoms with Crippen molar-refractivity contribution in [2.24, 2.45) is 5.92 Å². The minimum absolute atomic E-state index is 0.0470. The van der Waals surface area contributed by atoms with E-state index in [0.29, 0.717) is 16.9 Å². The summed E-state index contributed by atoms with van der Waals surface area (Å²) in [6, 6.07) is 3.25. The number of halogens is 3. The molecule has 30 heavy (non-hydrogen) atoms. The molecule has 0 spiro atoms. The lowest BCUT2D eigenvalue weighted by molar-refractivity contribution is 0.0702. The molecule has 1 aromatic heterocycles. The highest BCUT2D eigenvalue weighted by molar-refractivity contribution is 7.89. The molecular formula is C20H21F3N2O3S2. The van der Waals surface area contributed by atoms with Crippen LogP contribution in [0, 0.1) is 23.4 Å². The summed E-state index contributed by atoms with van der Waals surface area (Å²) in [5.41, 5.74) is 1.22. The van der Waals surface area contributed by atoms with Gasteiger partial charge in [0.05, 0.1) is 4.88 Å². The Bertz CT molecular complexity index is 1090. The number of carbonyl (C=O) groups excluding carboxylic acids is 1. The van der Waals surface area contributed by atoms with Gasteiger partial charge in [-0.25, -0.2) is 21.6 Å². The van der Waals surface area contributed by atoms with Crippen molar-refractivity contribution < 1.29 is 26.4 Å². The second-order valence-electron chi connectivity index (χ2n) is 7.78. The normalized spacial score (nSPS) is 20.3. The number of sulfonamides is 1. The highest BCUT2D eigenvalue weighted by Gasteiger charge is 2.34. The lowest BCUT2D eigenvalue weighted by Gasteiger charge is -2.33. The summed E-state index contributed by atoms with van der Waals surface area (Å²) < 4.78 is 67.0. The Labute approximate surface area is 177 Å². The van der Waals surface area contributed by atoms with Crippen LogP contribution in [0.1, 0.15) is 33.5 Å². The van der Waals surface area contributed by atoms with Gasteiger partial charge in [-0.15, -0.1) is 11.3 Å². The Hall–Kier alpha value is -1.91. The Balaban J connectivity index is 1.46. The first-order chi connectivity index (χ1) is 14.2. The summed E-state index contributed by atoms with van der Waals surface area (Å²) in [4.78, 5) is 15.4. The van der Waals surface area contributed by atoms with Gasteiger partial charge in [0.15, 0.2) is 17.5 Å². The first-order valence-electron chi connectivity index (χ1n) is 9.73. The number of carbonyl (C=O) groups is 1. The lowest BCUT2D eigenvalue weighted by Crippen LogP contribution is -2.50. The zero-order valence-corrected chi connectivity index (χ0v) is 18.0. The van der Waals surface area contributed by atoms with Crippen LogP contribution in [0.15, 0.2) is 23.1 Å². The van der Waals surface area contributed by atoms with Gasteiger partial charge in [-0.1, -0.05) is 6.92 Å². The smallest absolute Gasteiger partial charge is 0.264 e. The molecule has 1 atom stereocenters. The molecule has 0 bridgehead atoms. The third kappa shape index (κ3) is 3.76. The van der Waals surface area contributed by atoms with E-state index >= 15 is 0 Å². The number of fused-ring (bicyclic) bond motifs is 1. The molecule has 0 N–H and O–H groups in total. The summed E-state index contributed by atoms with van der Waals surface area (Å²) in [7, 11) is -4.34. The standard InChI is InChI=1S/C20H21F3N2O3S2/c1-12-2-4-15-13(10-12)11-16(29-15)20(26)24-6-8-25(9-7-24)30(27,28)17-5-3-14(21)18(22)19(17)23/h3,5,11-12H,2,4,6-10H2,1H3. The van der Waals surface area contributed by atoms with E-state index < -0.39 is 32.4 Å². The molecule has 2 aliphatic rings. The van der Waals surface area contributed by atoms with Gasteiger partial charge in [0.1, 0.15) is 4.90 Å². The van der Waals surface area contributed by atoms with Crippen LogP contribution in [-0.2, 0) is 22.9 Å². The topological polar surface area (TPSA) is 57.7 Å². The Morgan fingerprint density at radius 1 is 1.10 bits per heavy atom. The van der Waals surface area contributed by atoms with E-state index in [2.05, 4.69) is 6.92 Å². The second-order valence-corrected chi connectivity index (χ2v) is 10.8. The van der Waals surface area contributed by atoms with Crippen molar-refractivity contribution >= 4 is 27.3 Å². The van der Waals surface area contributed by atoms with Crippen molar-refractivity contribution in [2.45, 2.75) is 31.1 Å². The molecule has 2 heterocycles. The minimum Gasteiger partial charge on any atom is -0.335 e. The third-order valence-electron chi connectivity index (χ3n) is 5.68. The van der Waals surface area contributed by atoms with Gasteiger partial charge in [-0.2, -0.15) is 4.31 Å². The zero-order chi connectivity index (χ0) is 21.6. The molecule has 1 amide bonds. The molecule has 1 unspecified atom stereocenters. The number of piperazine rings is 1. The van der Waals surface area contributed by atoms with E-state index in [1.807, 2.05) is 6.07 Å². The van der Waals surface area contributed by atoms with E-state index in [1.54, 1.807) is 4.90 Å². The van der Waals surface area contributed by atoms with E-state index in [0.717, 1.165) is 29.6 Å². The predicted molar refractivity (Wildman–Crippen MR) is 106 cm³/mol. The van der Waals surface area contributed by atoms with Crippen LogP contribution in [0.4, 0.5) is 13.2 Å². The van der Waals surface area contributed by atoms with Crippen LogP contribution in [0.5, 0.6) is 0 Å². The number of benzene rings is 1. The van der Waals surface area contributed by atoms with Crippen molar-refractivity contribution in [1.29, 1.82) is 0 Å². The lowest BCUT2D eigenvalue weighted by atomic mass is 9.90. The minimum atomic E-state index is -4.34. The Morgan fingerprint density at radius 2 is 1.80 bits per heavy atom. The molecule has 1 aromatic carbocycles. The maximum absolute atomic E-state index is 14.0. The molecule has 10 heteroatoms. The van der Waals surface area contributed by atoms with Crippen LogP contribution in [0.2, 0.25) is 0 Å². The van der Waals surface area contributed by atoms with Gasteiger partial charge in [0.2, 0.25) is 10.0 Å². The largest absolute Gasteiger partial charge is 0.335 e. The quantitative estimate of drug-likeness (QED) is 0.663. The van der Waals surface area contributed by atoms with Crippen molar-refractivity contribution in [1.82, 2.24) is 9.21 Å². The third-order valence-corrected chi connectivity index (χ3v) is 8.82. The van der Waals surface area contributed by atoms with E-state index in [-0.39, 0.29) is 32.1 Å². The molecule has 5 nitrogen and oxygen atoms in total. The molecule has 1 aliphatic heterocycles. The maximum Gasteiger partial charge on any atom is 0.264 e. The maximum atomic E-state index is 14.0. The molecule has 0 radical (unpaired) electrons. The van der Waals surface area contributed by atoms with Gasteiger partial charge in [-0.3, -0.25) is 4.79 Å². The summed E-state index contributed by atoms with van der Waals surface area (Å²) in [6.07, 6.45) is 3.05. The van der Waals surface area contributed by atoms with Crippen LogP contribution >= 0.6 is 11.3 Å². The molecule has 1 saturated heterocycles. The first kappa shape index (κ1) is 21.3. The van der Waals surface area contributed by atoms with E-state index in [4.69, 9.17) is 0 Å². The van der Waals surface area contributed by atoms with Crippen molar-refractivity contribution in [3.8, 4) is 0 Å². The zero-order valence-electron chi connectivity index (χ0n) is 16.3. The first-order valence-corrected chi connectivity index (χ1v) is 12.0. The summed E-state index contributed by atoms with van der Waals surface area (Å²) in [6.45, 7) is 2.38. The fraction of sp³-hybridized carbons (Fsp3) is 0.450. The van der Waals surface area contributed by atoms with Crippen molar-refractivity contribution in [2.75, 3.05) is 26.2 Å². The SMILES string of the molecule is CC1CCc2sc(C(=O)N3CCN(S(=O)(=O)c4ccc(F)c(F)c4F)CC3)cc2C1. The number of thiophene rings is 1. The van der Waals surface area contributed by atoms with Gasteiger partial charge in [0.25, 0.3) is 5.91 Å². The van der Waals surface area contributed by atoms with Crippen molar-refractivity contribution in [3.05, 3.63) is 51.0 Å². The molecule has 1 aliphatic carbocycles. The van der Waals surface area contributed by atoms with Crippen molar-refractivity contribution in [3.63, 3.8) is 0 Å². The van der Waals surface area contributed by atoms with Gasteiger partial charge >= 0.3 is 0 Å². The number of amides is 1. The Morgan fingerprint density at radius 3 is 2.50 bits per heavy atom. The predicted octanol–water partition coefficient (Wildman–Crippen LogP) is 3.44. The van der Waals surface area contributed by atoms with Gasteiger partial charge in [-0.05, 0) is 48.9 Å². The Kier molecular flexibility index (Phi) is 5.67. The summed E-state index contributed by atoms with van der Waals surface area (Å²) in [5.74, 6) is -4.54. The summed E-state index contributed by atoms with van der Waals surface area (Å²) >= 11 is 1.50. The van der Waals surface area contributed by atoms with Crippen LogP contribution < -0.4 is 0 Å². The van der Waals surface area contributed by atoms with Crippen LogP contribution in [-0.4, -0.2) is 49.7 Å². The highest BCUT2D eigenvalue weighted by Crippen LogP contribution is 2.33. The van der Waals surface area contributed by atoms with Gasteiger partial charge in [0, 0.05) is 31.1 Å². The average molecular weight is 459 g/mol. The molecule has 162 valence electrons. The van der Waals surface area contributed by atoms with E-state index in [1.165, 1.54) is 21.8 Å². The number of nitrogens with zero attached hydrogens (tertiary/aromatic N) is 2. The molecular weight excluding hydrogens is 437 g/mol.